The molecule has 0 aliphatic heterocycles. The molecule has 3 N–H and O–H groups in total. The Morgan fingerprint density at radius 1 is 1.26 bits per heavy atom. The van der Waals surface area contributed by atoms with Crippen LogP contribution in [0.15, 0.2) is 0 Å². The van der Waals surface area contributed by atoms with Crippen molar-refractivity contribution in [3.05, 3.63) is 0 Å². The second-order valence-corrected chi connectivity index (χ2v) is 6.40. The molecule has 0 fully saturated rings. The molecular formula is C14H29N3OS. The number of hydrogen-bond acceptors (Lipinski definition) is 3. The summed E-state index contributed by atoms with van der Waals surface area (Å²) in [5.41, 5.74) is 5.52. The van der Waals surface area contributed by atoms with Gasteiger partial charge in [0.2, 0.25) is 5.91 Å². The first-order chi connectivity index (χ1) is 8.81. The van der Waals surface area contributed by atoms with Gasteiger partial charge in [0, 0.05) is 26.1 Å². The predicted octanol–water partition coefficient (Wildman–Crippen LogP) is 1.78. The summed E-state index contributed by atoms with van der Waals surface area (Å²) >= 11 is 4.89. The molecule has 0 heterocycles. The van der Waals surface area contributed by atoms with Crippen molar-refractivity contribution in [3.8, 4) is 0 Å². The molecule has 0 spiro atoms. The van der Waals surface area contributed by atoms with Gasteiger partial charge in [0.15, 0.2) is 0 Å². The summed E-state index contributed by atoms with van der Waals surface area (Å²) in [7, 11) is 0. The average molecular weight is 287 g/mol. The van der Waals surface area contributed by atoms with Crippen molar-refractivity contribution < 1.29 is 4.79 Å². The minimum absolute atomic E-state index is 0.0873. The van der Waals surface area contributed by atoms with Crippen LogP contribution in [-0.2, 0) is 4.79 Å². The molecule has 0 saturated carbocycles. The predicted molar refractivity (Wildman–Crippen MR) is 85.1 cm³/mol. The van der Waals surface area contributed by atoms with E-state index >= 15 is 0 Å². The number of nitrogens with zero attached hydrogens (tertiary/aromatic N) is 1. The number of nitrogens with two attached hydrogens (primary N) is 1. The van der Waals surface area contributed by atoms with E-state index in [4.69, 9.17) is 18.0 Å². The van der Waals surface area contributed by atoms with E-state index in [0.717, 1.165) is 26.1 Å². The van der Waals surface area contributed by atoms with Gasteiger partial charge in [-0.3, -0.25) is 9.69 Å². The standard InChI is InChI=1S/C14H29N3OS/c1-11(2)5-7-16-14(18)10-17(9-12(3)4)8-6-13(15)19/h11-12H,5-10H2,1-4H3,(H2,15,19)(H,16,18). The third kappa shape index (κ3) is 12.1. The van der Waals surface area contributed by atoms with Gasteiger partial charge in [-0.2, -0.15) is 0 Å². The summed E-state index contributed by atoms with van der Waals surface area (Å²) in [6.07, 6.45) is 1.68. The van der Waals surface area contributed by atoms with Crippen molar-refractivity contribution in [3.63, 3.8) is 0 Å². The maximum Gasteiger partial charge on any atom is 0.234 e. The molecule has 0 rings (SSSR count). The number of amides is 1. The summed E-state index contributed by atoms with van der Waals surface area (Å²) < 4.78 is 0. The van der Waals surface area contributed by atoms with Crippen molar-refractivity contribution in [2.75, 3.05) is 26.2 Å². The van der Waals surface area contributed by atoms with Gasteiger partial charge in [-0.15, -0.1) is 0 Å². The smallest absolute Gasteiger partial charge is 0.234 e. The number of hydrogen-bond donors (Lipinski definition) is 2. The van der Waals surface area contributed by atoms with Gasteiger partial charge in [-0.1, -0.05) is 39.9 Å². The molecule has 0 unspecified atom stereocenters. The lowest BCUT2D eigenvalue weighted by molar-refractivity contribution is -0.122. The molecule has 0 aliphatic rings. The lowest BCUT2D eigenvalue weighted by Crippen LogP contribution is -2.40. The molecule has 0 bridgehead atoms. The van der Waals surface area contributed by atoms with Crippen LogP contribution in [0.1, 0.15) is 40.5 Å². The largest absolute Gasteiger partial charge is 0.393 e. The number of carbonyl (C=O) groups excluding carboxylic acids is 1. The SMILES string of the molecule is CC(C)CCNC(=O)CN(CCC(N)=S)CC(C)C. The highest BCUT2D eigenvalue weighted by Crippen LogP contribution is 2.01. The fourth-order valence-corrected chi connectivity index (χ4v) is 1.87. The molecule has 0 aliphatic carbocycles. The summed E-state index contributed by atoms with van der Waals surface area (Å²) in [6.45, 7) is 11.4. The van der Waals surface area contributed by atoms with Crippen LogP contribution in [-0.4, -0.2) is 42.0 Å². The molecule has 1 amide bonds. The monoisotopic (exact) mass is 287 g/mol. The van der Waals surface area contributed by atoms with E-state index in [1.807, 2.05) is 0 Å². The van der Waals surface area contributed by atoms with Gasteiger partial charge in [0.1, 0.15) is 0 Å². The molecular weight excluding hydrogens is 258 g/mol. The van der Waals surface area contributed by atoms with Crippen LogP contribution in [0.4, 0.5) is 0 Å². The van der Waals surface area contributed by atoms with Crippen molar-refractivity contribution in [2.45, 2.75) is 40.5 Å². The maximum absolute atomic E-state index is 11.8. The highest BCUT2D eigenvalue weighted by atomic mass is 32.1. The Hall–Kier alpha value is -0.680. The fraction of sp³-hybridized carbons (Fsp3) is 0.857. The van der Waals surface area contributed by atoms with Crippen molar-refractivity contribution >= 4 is 23.1 Å². The van der Waals surface area contributed by atoms with E-state index in [2.05, 4.69) is 37.9 Å². The molecule has 0 radical (unpaired) electrons. The van der Waals surface area contributed by atoms with Crippen molar-refractivity contribution in [1.29, 1.82) is 0 Å². The van der Waals surface area contributed by atoms with Crippen LogP contribution in [0.2, 0.25) is 0 Å². The topological polar surface area (TPSA) is 58.4 Å². The third-order valence-corrected chi connectivity index (χ3v) is 2.91. The first-order valence-corrected chi connectivity index (χ1v) is 7.49. The van der Waals surface area contributed by atoms with E-state index < -0.39 is 0 Å². The van der Waals surface area contributed by atoms with Gasteiger partial charge >= 0.3 is 0 Å². The van der Waals surface area contributed by atoms with Crippen LogP contribution < -0.4 is 11.1 Å². The fourth-order valence-electron chi connectivity index (χ4n) is 1.78. The Morgan fingerprint density at radius 2 is 1.89 bits per heavy atom. The van der Waals surface area contributed by atoms with Crippen molar-refractivity contribution in [2.24, 2.45) is 17.6 Å². The van der Waals surface area contributed by atoms with Gasteiger partial charge in [-0.25, -0.2) is 0 Å². The van der Waals surface area contributed by atoms with E-state index in [1.54, 1.807) is 0 Å². The summed E-state index contributed by atoms with van der Waals surface area (Å²) in [5, 5.41) is 2.96. The molecule has 0 aromatic heterocycles. The van der Waals surface area contributed by atoms with Crippen LogP contribution in [0, 0.1) is 11.8 Å². The highest BCUT2D eigenvalue weighted by Gasteiger charge is 2.12. The molecule has 0 saturated heterocycles. The van der Waals surface area contributed by atoms with E-state index in [9.17, 15) is 4.79 Å². The Labute approximate surface area is 123 Å². The van der Waals surface area contributed by atoms with Crippen LogP contribution in [0.25, 0.3) is 0 Å². The molecule has 4 nitrogen and oxygen atoms in total. The Morgan fingerprint density at radius 3 is 2.37 bits per heavy atom. The average Bonchev–Trinajstić information content (AvgIpc) is 2.24. The molecule has 0 aromatic rings. The zero-order chi connectivity index (χ0) is 14.8. The quantitative estimate of drug-likeness (QED) is 0.601. The molecule has 19 heavy (non-hydrogen) atoms. The lowest BCUT2D eigenvalue weighted by atomic mass is 10.1. The van der Waals surface area contributed by atoms with E-state index in [-0.39, 0.29) is 5.91 Å². The minimum atomic E-state index is 0.0873. The van der Waals surface area contributed by atoms with Crippen LogP contribution >= 0.6 is 12.2 Å². The zero-order valence-electron chi connectivity index (χ0n) is 12.7. The zero-order valence-corrected chi connectivity index (χ0v) is 13.6. The van der Waals surface area contributed by atoms with Gasteiger partial charge in [0.25, 0.3) is 0 Å². The Kier molecular flexibility index (Phi) is 9.79. The lowest BCUT2D eigenvalue weighted by Gasteiger charge is -2.23. The van der Waals surface area contributed by atoms with Crippen molar-refractivity contribution in [1.82, 2.24) is 10.2 Å². The second-order valence-electron chi connectivity index (χ2n) is 5.88. The van der Waals surface area contributed by atoms with Gasteiger partial charge in [0.05, 0.1) is 11.5 Å². The van der Waals surface area contributed by atoms with Crippen LogP contribution in [0.3, 0.4) is 0 Å². The Balaban J connectivity index is 4.07. The number of nitrogens with one attached hydrogen (secondary N) is 1. The van der Waals surface area contributed by atoms with Crippen LogP contribution in [0.5, 0.6) is 0 Å². The summed E-state index contributed by atoms with van der Waals surface area (Å²) in [6, 6.07) is 0. The number of thiocarbonyl (C=S) groups is 1. The molecule has 5 heteroatoms. The van der Waals surface area contributed by atoms with E-state index in [1.165, 1.54) is 0 Å². The second kappa shape index (κ2) is 10.1. The first kappa shape index (κ1) is 18.3. The normalized spacial score (nSPS) is 11.3. The summed E-state index contributed by atoms with van der Waals surface area (Å²) in [5.74, 6) is 1.22. The summed E-state index contributed by atoms with van der Waals surface area (Å²) in [4.78, 5) is 14.5. The van der Waals surface area contributed by atoms with E-state index in [0.29, 0.717) is 29.8 Å². The highest BCUT2D eigenvalue weighted by molar-refractivity contribution is 7.80. The number of rotatable bonds is 10. The van der Waals surface area contributed by atoms with Gasteiger partial charge < -0.3 is 11.1 Å². The Bertz CT molecular complexity index is 280. The molecule has 0 aromatic carbocycles. The van der Waals surface area contributed by atoms with Gasteiger partial charge in [-0.05, 0) is 18.3 Å². The third-order valence-electron chi connectivity index (χ3n) is 2.71. The minimum Gasteiger partial charge on any atom is -0.393 e. The molecule has 0 atom stereocenters. The number of carbonyl (C=O) groups is 1. The molecule has 112 valence electrons. The maximum atomic E-state index is 11.8. The first-order valence-electron chi connectivity index (χ1n) is 7.08.